The van der Waals surface area contributed by atoms with Gasteiger partial charge in [-0.3, -0.25) is 0 Å². The highest BCUT2D eigenvalue weighted by Crippen LogP contribution is 2.37. The second kappa shape index (κ2) is 8.07. The first-order valence-corrected chi connectivity index (χ1v) is 10.4. The molecule has 0 aromatic carbocycles. The summed E-state index contributed by atoms with van der Waals surface area (Å²) in [7, 11) is 0. The van der Waals surface area contributed by atoms with Gasteiger partial charge in [0.1, 0.15) is 0 Å². The van der Waals surface area contributed by atoms with Crippen molar-refractivity contribution in [3.8, 4) is 5.95 Å². The van der Waals surface area contributed by atoms with E-state index in [4.69, 9.17) is 14.7 Å². The smallest absolute Gasteiger partial charge is 0.251 e. The number of ether oxygens (including phenoxy) is 1. The number of aliphatic hydroxyl groups is 1. The third kappa shape index (κ3) is 4.64. The fraction of sp³-hybridized carbons (Fsp3) is 0.667. The predicted molar refractivity (Wildman–Crippen MR) is 103 cm³/mol. The normalized spacial score (nSPS) is 25.3. The first kappa shape index (κ1) is 20.3. The van der Waals surface area contributed by atoms with Crippen LogP contribution < -0.4 is 0 Å². The van der Waals surface area contributed by atoms with Gasteiger partial charge in [0.2, 0.25) is 5.92 Å². The highest BCUT2D eigenvalue weighted by molar-refractivity contribution is 5.26. The second-order valence-electron chi connectivity index (χ2n) is 8.46. The van der Waals surface area contributed by atoms with Gasteiger partial charge in [0.25, 0.3) is 5.95 Å². The van der Waals surface area contributed by atoms with Crippen molar-refractivity contribution < 1.29 is 18.6 Å². The molecule has 8 heteroatoms. The second-order valence-corrected chi connectivity index (χ2v) is 8.46. The molecule has 1 N–H and O–H groups in total. The molecule has 0 bridgehead atoms. The summed E-state index contributed by atoms with van der Waals surface area (Å²) in [6.07, 6.45) is 1.55. The van der Waals surface area contributed by atoms with Crippen LogP contribution in [0.15, 0.2) is 12.1 Å². The molecule has 0 spiro atoms. The van der Waals surface area contributed by atoms with Crippen LogP contribution in [-0.4, -0.2) is 50.1 Å². The van der Waals surface area contributed by atoms with Crippen molar-refractivity contribution >= 4 is 0 Å². The van der Waals surface area contributed by atoms with Crippen LogP contribution in [0.5, 0.6) is 0 Å². The highest BCUT2D eigenvalue weighted by Gasteiger charge is 2.35. The molecule has 29 heavy (non-hydrogen) atoms. The molecule has 2 atom stereocenters. The zero-order valence-electron chi connectivity index (χ0n) is 16.9. The SMILES string of the molecule is Cc1cc(C)n(-c2nc(CC3CCC(F)(F)CC3)cc([C@H]3COCC[C@H]3O)n2)n1. The lowest BCUT2D eigenvalue weighted by atomic mass is 9.83. The van der Waals surface area contributed by atoms with E-state index in [1.807, 2.05) is 26.0 Å². The number of halogens is 2. The lowest BCUT2D eigenvalue weighted by Gasteiger charge is -2.29. The van der Waals surface area contributed by atoms with Gasteiger partial charge in [-0.15, -0.1) is 0 Å². The number of hydrogen-bond donors (Lipinski definition) is 1. The van der Waals surface area contributed by atoms with Crippen LogP contribution in [0.1, 0.15) is 60.8 Å². The van der Waals surface area contributed by atoms with E-state index in [1.165, 1.54) is 0 Å². The molecule has 158 valence electrons. The van der Waals surface area contributed by atoms with Gasteiger partial charge in [-0.1, -0.05) is 0 Å². The van der Waals surface area contributed by atoms with Gasteiger partial charge in [-0.05, 0) is 57.6 Å². The van der Waals surface area contributed by atoms with E-state index in [-0.39, 0.29) is 24.7 Å². The van der Waals surface area contributed by atoms with E-state index in [9.17, 15) is 13.9 Å². The van der Waals surface area contributed by atoms with Gasteiger partial charge in [0, 0.05) is 30.8 Å². The molecule has 1 saturated heterocycles. The fourth-order valence-electron chi connectivity index (χ4n) is 4.33. The van der Waals surface area contributed by atoms with Gasteiger partial charge >= 0.3 is 0 Å². The van der Waals surface area contributed by atoms with E-state index in [2.05, 4.69) is 5.10 Å². The van der Waals surface area contributed by atoms with Crippen molar-refractivity contribution in [3.63, 3.8) is 0 Å². The maximum absolute atomic E-state index is 13.5. The van der Waals surface area contributed by atoms with Crippen LogP contribution in [0, 0.1) is 19.8 Å². The van der Waals surface area contributed by atoms with Crippen LogP contribution in [0.25, 0.3) is 5.95 Å². The van der Waals surface area contributed by atoms with E-state index >= 15 is 0 Å². The van der Waals surface area contributed by atoms with Crippen molar-refractivity contribution in [2.75, 3.05) is 13.2 Å². The zero-order chi connectivity index (χ0) is 20.6. The van der Waals surface area contributed by atoms with Crippen molar-refractivity contribution in [2.24, 2.45) is 5.92 Å². The van der Waals surface area contributed by atoms with Gasteiger partial charge in [-0.2, -0.15) is 5.10 Å². The number of hydrogen-bond acceptors (Lipinski definition) is 5. The van der Waals surface area contributed by atoms with Crippen molar-refractivity contribution in [1.82, 2.24) is 19.7 Å². The van der Waals surface area contributed by atoms with Gasteiger partial charge in [-0.25, -0.2) is 23.4 Å². The minimum atomic E-state index is -2.54. The largest absolute Gasteiger partial charge is 0.392 e. The summed E-state index contributed by atoms with van der Waals surface area (Å²) in [5.41, 5.74) is 3.33. The van der Waals surface area contributed by atoms with Crippen molar-refractivity contribution in [1.29, 1.82) is 0 Å². The first-order chi connectivity index (χ1) is 13.8. The summed E-state index contributed by atoms with van der Waals surface area (Å²) < 4.78 is 34.3. The van der Waals surface area contributed by atoms with Crippen molar-refractivity contribution in [3.05, 3.63) is 34.9 Å². The molecule has 3 heterocycles. The Balaban J connectivity index is 1.65. The lowest BCUT2D eigenvalue weighted by molar-refractivity contribution is -0.0457. The van der Waals surface area contributed by atoms with E-state index in [0.717, 1.165) is 22.8 Å². The summed E-state index contributed by atoms with van der Waals surface area (Å²) in [5, 5.41) is 15.0. The monoisotopic (exact) mass is 406 g/mol. The Kier molecular flexibility index (Phi) is 5.66. The molecule has 1 aliphatic heterocycles. The maximum Gasteiger partial charge on any atom is 0.251 e. The summed E-state index contributed by atoms with van der Waals surface area (Å²) >= 11 is 0. The molecule has 2 fully saturated rings. The number of aliphatic hydroxyl groups excluding tert-OH is 1. The topological polar surface area (TPSA) is 73.1 Å². The first-order valence-electron chi connectivity index (χ1n) is 10.4. The van der Waals surface area contributed by atoms with Crippen molar-refractivity contribution in [2.45, 2.75) is 70.3 Å². The average molecular weight is 406 g/mol. The summed E-state index contributed by atoms with van der Waals surface area (Å²) in [4.78, 5) is 9.40. The maximum atomic E-state index is 13.5. The predicted octanol–water partition coefficient (Wildman–Crippen LogP) is 3.51. The molecule has 0 unspecified atom stereocenters. The number of aromatic nitrogens is 4. The van der Waals surface area contributed by atoms with Crippen LogP contribution >= 0.6 is 0 Å². The molecule has 4 rings (SSSR count). The Morgan fingerprint density at radius 2 is 1.93 bits per heavy atom. The average Bonchev–Trinajstić information content (AvgIpc) is 3.02. The fourth-order valence-corrected chi connectivity index (χ4v) is 4.33. The molecule has 0 amide bonds. The summed E-state index contributed by atoms with van der Waals surface area (Å²) in [6.45, 7) is 4.80. The Labute approximate surface area is 169 Å². The van der Waals surface area contributed by atoms with E-state index in [0.29, 0.717) is 44.8 Å². The van der Waals surface area contributed by atoms with Gasteiger partial charge in [0.15, 0.2) is 0 Å². The Morgan fingerprint density at radius 1 is 1.17 bits per heavy atom. The molecule has 2 aromatic heterocycles. The number of aryl methyl sites for hydroxylation is 2. The molecular formula is C21H28F2N4O2. The van der Waals surface area contributed by atoms with Crippen LogP contribution in [0.3, 0.4) is 0 Å². The van der Waals surface area contributed by atoms with E-state index < -0.39 is 12.0 Å². The lowest BCUT2D eigenvalue weighted by Crippen LogP contribution is -2.31. The highest BCUT2D eigenvalue weighted by atomic mass is 19.3. The standard InChI is InChI=1S/C21H28F2N4O2/c1-13-9-14(2)27(26-13)20-24-16(10-15-3-6-21(22,23)7-4-15)11-18(25-20)17-12-29-8-5-19(17)28/h9,11,15,17,19,28H,3-8,10,12H2,1-2H3/t17-,19-/m1/s1. The summed E-state index contributed by atoms with van der Waals surface area (Å²) in [5.74, 6) is -2.12. The Hall–Kier alpha value is -1.93. The summed E-state index contributed by atoms with van der Waals surface area (Å²) in [6, 6.07) is 3.86. The molecule has 0 radical (unpaired) electrons. The van der Waals surface area contributed by atoms with Crippen LogP contribution in [0.4, 0.5) is 8.78 Å². The minimum Gasteiger partial charge on any atom is -0.392 e. The molecule has 1 saturated carbocycles. The van der Waals surface area contributed by atoms with Crippen LogP contribution in [0.2, 0.25) is 0 Å². The van der Waals surface area contributed by atoms with Gasteiger partial charge < -0.3 is 9.84 Å². The molecule has 2 aromatic rings. The Morgan fingerprint density at radius 3 is 2.59 bits per heavy atom. The van der Waals surface area contributed by atoms with Crippen LogP contribution in [-0.2, 0) is 11.2 Å². The molecule has 1 aliphatic carbocycles. The zero-order valence-corrected chi connectivity index (χ0v) is 16.9. The third-order valence-electron chi connectivity index (χ3n) is 6.02. The molecule has 2 aliphatic rings. The minimum absolute atomic E-state index is 0.0604. The number of alkyl halides is 2. The third-order valence-corrected chi connectivity index (χ3v) is 6.02. The van der Waals surface area contributed by atoms with E-state index in [1.54, 1.807) is 4.68 Å². The quantitative estimate of drug-likeness (QED) is 0.841. The number of nitrogens with zero attached hydrogens (tertiary/aromatic N) is 4. The molecular weight excluding hydrogens is 378 g/mol. The Bertz CT molecular complexity index is 860. The molecule has 6 nitrogen and oxygen atoms in total. The van der Waals surface area contributed by atoms with Gasteiger partial charge in [0.05, 0.1) is 30.0 Å². The number of rotatable bonds is 4.